The van der Waals surface area contributed by atoms with Gasteiger partial charge in [-0.3, -0.25) is 0 Å². The number of nitrogens with two attached hydrogens (primary N) is 1. The monoisotopic (exact) mass is 521 g/mol. The Hall–Kier alpha value is -3.50. The predicted molar refractivity (Wildman–Crippen MR) is 135 cm³/mol. The van der Waals surface area contributed by atoms with E-state index in [2.05, 4.69) is 17.0 Å². The number of carbonyl (C=O) groups excluding carboxylic acids is 1. The van der Waals surface area contributed by atoms with Gasteiger partial charge in [0.2, 0.25) is 5.88 Å². The molecular formula is C26H24ClN5O3S. The number of rotatable bonds is 6. The van der Waals surface area contributed by atoms with E-state index in [9.17, 15) is 15.3 Å². The summed E-state index contributed by atoms with van der Waals surface area (Å²) in [6.45, 7) is 3.48. The van der Waals surface area contributed by atoms with Crippen molar-refractivity contribution in [2.45, 2.75) is 30.8 Å². The van der Waals surface area contributed by atoms with Crippen molar-refractivity contribution in [3.63, 3.8) is 0 Å². The van der Waals surface area contributed by atoms with Crippen LogP contribution in [0, 0.1) is 22.7 Å². The number of nitrogens with zero attached hydrogens (tertiary/aromatic N) is 4. The highest BCUT2D eigenvalue weighted by Crippen LogP contribution is 2.41. The van der Waals surface area contributed by atoms with Crippen molar-refractivity contribution in [3.05, 3.63) is 80.5 Å². The summed E-state index contributed by atoms with van der Waals surface area (Å²) in [5.74, 6) is -1.03. The number of ether oxygens (including phenoxy) is 2. The second-order valence-electron chi connectivity index (χ2n) is 8.37. The van der Waals surface area contributed by atoms with Gasteiger partial charge in [-0.15, -0.1) is 0 Å². The van der Waals surface area contributed by atoms with Gasteiger partial charge in [-0.05, 0) is 43.3 Å². The number of aromatic nitrogens is 1. The molecule has 0 aliphatic carbocycles. The molecule has 184 valence electrons. The average Bonchev–Trinajstić information content (AvgIpc) is 2.87. The van der Waals surface area contributed by atoms with Crippen molar-refractivity contribution in [1.29, 1.82) is 10.5 Å². The van der Waals surface area contributed by atoms with E-state index < -0.39 is 11.9 Å². The van der Waals surface area contributed by atoms with E-state index in [4.69, 9.17) is 31.8 Å². The fourth-order valence-electron chi connectivity index (χ4n) is 4.26. The average molecular weight is 522 g/mol. The first-order valence-corrected chi connectivity index (χ1v) is 12.7. The molecule has 0 spiro atoms. The second-order valence-corrected chi connectivity index (χ2v) is 9.77. The maximum Gasteiger partial charge on any atom is 0.338 e. The molecule has 1 aromatic heterocycles. The summed E-state index contributed by atoms with van der Waals surface area (Å²) in [6.07, 6.45) is 0.790. The molecule has 8 nitrogen and oxygen atoms in total. The third-order valence-electron chi connectivity index (χ3n) is 5.98. The SMILES string of the molecule is CCOC(=O)C1=C(CSc2nc3c(cc2C#N)CN(C)CC3)OC(N)=C(C#N)[C@@H]1c1ccc(Cl)cc1. The molecule has 10 heteroatoms. The summed E-state index contributed by atoms with van der Waals surface area (Å²) in [5.41, 5.74) is 9.56. The van der Waals surface area contributed by atoms with Gasteiger partial charge in [0.05, 0.1) is 29.4 Å². The Bertz CT molecular complexity index is 1340. The Labute approximate surface area is 218 Å². The number of fused-ring (bicyclic) bond motifs is 1. The van der Waals surface area contributed by atoms with E-state index in [0.717, 1.165) is 30.8 Å². The van der Waals surface area contributed by atoms with Crippen LogP contribution in [0.1, 0.15) is 35.2 Å². The van der Waals surface area contributed by atoms with Crippen LogP contribution in [0.5, 0.6) is 0 Å². The maximum atomic E-state index is 13.1. The van der Waals surface area contributed by atoms with Crippen molar-refractivity contribution in [2.75, 3.05) is 26.0 Å². The molecule has 0 fully saturated rings. The van der Waals surface area contributed by atoms with E-state index in [1.54, 1.807) is 31.2 Å². The fourth-order valence-corrected chi connectivity index (χ4v) is 5.31. The second kappa shape index (κ2) is 11.0. The molecule has 2 N–H and O–H groups in total. The van der Waals surface area contributed by atoms with Gasteiger partial charge >= 0.3 is 5.97 Å². The lowest BCUT2D eigenvalue weighted by Crippen LogP contribution is -2.28. The summed E-state index contributed by atoms with van der Waals surface area (Å²) in [4.78, 5) is 20.1. The molecule has 0 radical (unpaired) electrons. The van der Waals surface area contributed by atoms with Crippen LogP contribution < -0.4 is 5.73 Å². The zero-order valence-electron chi connectivity index (χ0n) is 19.9. The largest absolute Gasteiger partial charge is 0.463 e. The number of pyridine rings is 1. The molecule has 0 amide bonds. The smallest absolute Gasteiger partial charge is 0.338 e. The molecule has 2 aliphatic rings. The molecule has 0 unspecified atom stereocenters. The van der Waals surface area contributed by atoms with E-state index in [1.165, 1.54) is 11.8 Å². The van der Waals surface area contributed by atoms with Gasteiger partial charge in [0.25, 0.3) is 0 Å². The first kappa shape index (κ1) is 25.6. The molecule has 3 heterocycles. The zero-order chi connectivity index (χ0) is 25.8. The van der Waals surface area contributed by atoms with Gasteiger partial charge in [0.1, 0.15) is 28.5 Å². The minimum absolute atomic E-state index is 0.0805. The number of likely N-dealkylation sites (N-methyl/N-ethyl adjacent to an activating group) is 1. The van der Waals surface area contributed by atoms with E-state index in [0.29, 0.717) is 21.2 Å². The van der Waals surface area contributed by atoms with Crippen LogP contribution in [-0.2, 0) is 27.2 Å². The number of hydrogen-bond donors (Lipinski definition) is 1. The molecule has 36 heavy (non-hydrogen) atoms. The predicted octanol–water partition coefficient (Wildman–Crippen LogP) is 4.01. The van der Waals surface area contributed by atoms with Crippen LogP contribution in [0.4, 0.5) is 0 Å². The lowest BCUT2D eigenvalue weighted by atomic mass is 9.83. The van der Waals surface area contributed by atoms with Crippen LogP contribution >= 0.6 is 23.4 Å². The molecule has 0 saturated heterocycles. The van der Waals surface area contributed by atoms with Gasteiger partial charge < -0.3 is 20.1 Å². The molecule has 1 atom stereocenters. The van der Waals surface area contributed by atoms with Crippen LogP contribution in [0.2, 0.25) is 5.02 Å². The molecule has 4 rings (SSSR count). The maximum absolute atomic E-state index is 13.1. The number of carbonyl (C=O) groups is 1. The molecule has 0 saturated carbocycles. The van der Waals surface area contributed by atoms with Crippen molar-refractivity contribution in [3.8, 4) is 12.1 Å². The third kappa shape index (κ3) is 5.19. The van der Waals surface area contributed by atoms with Crippen LogP contribution in [0.15, 0.2) is 58.1 Å². The number of halogens is 1. The minimum atomic E-state index is -0.780. The number of benzene rings is 1. The summed E-state index contributed by atoms with van der Waals surface area (Å²) < 4.78 is 11.2. The number of hydrogen-bond acceptors (Lipinski definition) is 9. The first-order valence-electron chi connectivity index (χ1n) is 11.3. The van der Waals surface area contributed by atoms with Crippen molar-refractivity contribution in [1.82, 2.24) is 9.88 Å². The number of thioether (sulfide) groups is 1. The first-order chi connectivity index (χ1) is 17.4. The van der Waals surface area contributed by atoms with Crippen molar-refractivity contribution < 1.29 is 14.3 Å². The fraction of sp³-hybridized carbons (Fsp3) is 0.308. The Morgan fingerprint density at radius 2 is 2.08 bits per heavy atom. The van der Waals surface area contributed by atoms with Gasteiger partial charge in [0, 0.05) is 30.2 Å². The Morgan fingerprint density at radius 1 is 1.33 bits per heavy atom. The summed E-state index contributed by atoms with van der Waals surface area (Å²) in [5, 5.41) is 20.7. The topological polar surface area (TPSA) is 125 Å². The van der Waals surface area contributed by atoms with Crippen molar-refractivity contribution in [2.24, 2.45) is 5.73 Å². The highest BCUT2D eigenvalue weighted by Gasteiger charge is 2.37. The van der Waals surface area contributed by atoms with Gasteiger partial charge in [-0.2, -0.15) is 10.5 Å². The Kier molecular flexibility index (Phi) is 7.85. The van der Waals surface area contributed by atoms with E-state index >= 15 is 0 Å². The molecule has 1 aromatic carbocycles. The summed E-state index contributed by atoms with van der Waals surface area (Å²) in [7, 11) is 2.03. The van der Waals surface area contributed by atoms with E-state index in [1.807, 2.05) is 13.1 Å². The lowest BCUT2D eigenvalue weighted by Gasteiger charge is -2.28. The third-order valence-corrected chi connectivity index (χ3v) is 7.23. The molecule has 2 aliphatic heterocycles. The highest BCUT2D eigenvalue weighted by atomic mass is 35.5. The number of esters is 1. The van der Waals surface area contributed by atoms with Crippen LogP contribution in [0.3, 0.4) is 0 Å². The highest BCUT2D eigenvalue weighted by molar-refractivity contribution is 7.99. The van der Waals surface area contributed by atoms with Crippen molar-refractivity contribution >= 4 is 29.3 Å². The molecular weight excluding hydrogens is 498 g/mol. The van der Waals surface area contributed by atoms with E-state index in [-0.39, 0.29) is 35.1 Å². The standard InChI is InChI=1S/C26H24ClN5O3S/c1-3-34-26(33)23-21(35-24(30)19(12-29)22(23)15-4-6-18(27)7-5-15)14-36-25-16(11-28)10-17-13-32(2)9-8-20(17)31-25/h4-7,10,22H,3,8-9,13-14,30H2,1-2H3/t22-/m0/s1. The summed E-state index contributed by atoms with van der Waals surface area (Å²) >= 11 is 7.34. The molecule has 2 aromatic rings. The lowest BCUT2D eigenvalue weighted by molar-refractivity contribution is -0.139. The van der Waals surface area contributed by atoms with Crippen LogP contribution in [0.25, 0.3) is 0 Å². The quantitative estimate of drug-likeness (QED) is 0.443. The Morgan fingerprint density at radius 3 is 2.75 bits per heavy atom. The van der Waals surface area contributed by atoms with Gasteiger partial charge in [-0.25, -0.2) is 9.78 Å². The number of allylic oxidation sites excluding steroid dienone is 1. The van der Waals surface area contributed by atoms with Gasteiger partial charge in [-0.1, -0.05) is 35.5 Å². The normalized spacial score (nSPS) is 17.6. The molecule has 0 bridgehead atoms. The zero-order valence-corrected chi connectivity index (χ0v) is 21.4. The van der Waals surface area contributed by atoms with Gasteiger partial charge in [0.15, 0.2) is 0 Å². The Balaban J connectivity index is 1.74. The minimum Gasteiger partial charge on any atom is -0.463 e. The number of nitriles is 2. The van der Waals surface area contributed by atoms with Crippen LogP contribution in [-0.4, -0.2) is 41.8 Å². The summed E-state index contributed by atoms with van der Waals surface area (Å²) in [6, 6.07) is 13.0.